The third-order valence-electron chi connectivity index (χ3n) is 3.18. The molecule has 3 heteroatoms. The van der Waals surface area contributed by atoms with Crippen LogP contribution in [0.5, 0.6) is 5.75 Å². The fourth-order valence-electron chi connectivity index (χ4n) is 1.99. The predicted octanol–water partition coefficient (Wildman–Crippen LogP) is 2.29. The van der Waals surface area contributed by atoms with Crippen LogP contribution in [-0.4, -0.2) is 43.9 Å². The Labute approximate surface area is 110 Å². The molecular formula is C15H25NO2. The molecule has 3 nitrogen and oxygen atoms in total. The number of methoxy groups -OCH3 is 1. The quantitative estimate of drug-likeness (QED) is 0.807. The first-order valence-corrected chi connectivity index (χ1v) is 6.54. The average Bonchev–Trinajstić information content (AvgIpc) is 2.36. The average molecular weight is 251 g/mol. The fourth-order valence-corrected chi connectivity index (χ4v) is 1.99. The van der Waals surface area contributed by atoms with Crippen LogP contribution in [0.2, 0.25) is 0 Å². The van der Waals surface area contributed by atoms with Crippen LogP contribution in [0.4, 0.5) is 0 Å². The van der Waals surface area contributed by atoms with Gasteiger partial charge in [-0.2, -0.15) is 0 Å². The molecule has 1 rings (SSSR count). The summed E-state index contributed by atoms with van der Waals surface area (Å²) in [7, 11) is 3.75. The number of nitrogens with zero attached hydrogens (tertiary/aromatic N) is 1. The third-order valence-corrected chi connectivity index (χ3v) is 3.18. The summed E-state index contributed by atoms with van der Waals surface area (Å²) >= 11 is 0. The van der Waals surface area contributed by atoms with E-state index in [0.29, 0.717) is 5.92 Å². The van der Waals surface area contributed by atoms with Crippen LogP contribution in [0.25, 0.3) is 0 Å². The van der Waals surface area contributed by atoms with E-state index in [1.165, 1.54) is 11.1 Å². The minimum atomic E-state index is 0.219. The van der Waals surface area contributed by atoms with Crippen molar-refractivity contribution in [3.8, 4) is 5.75 Å². The van der Waals surface area contributed by atoms with Crippen LogP contribution in [-0.2, 0) is 6.42 Å². The Balaban J connectivity index is 2.70. The van der Waals surface area contributed by atoms with E-state index in [0.717, 1.165) is 25.3 Å². The summed E-state index contributed by atoms with van der Waals surface area (Å²) in [5, 5.41) is 8.86. The van der Waals surface area contributed by atoms with E-state index >= 15 is 0 Å². The van der Waals surface area contributed by atoms with Crippen molar-refractivity contribution in [2.75, 3.05) is 33.9 Å². The van der Waals surface area contributed by atoms with Crippen LogP contribution in [0.3, 0.4) is 0 Å². The SMILES string of the molecule is COc1ccc(CCN(C)CCO)cc1C(C)C. The van der Waals surface area contributed by atoms with E-state index in [4.69, 9.17) is 9.84 Å². The predicted molar refractivity (Wildman–Crippen MR) is 75.4 cm³/mol. The van der Waals surface area contributed by atoms with Gasteiger partial charge in [0.25, 0.3) is 0 Å². The third kappa shape index (κ3) is 4.31. The lowest BCUT2D eigenvalue weighted by Crippen LogP contribution is -2.24. The molecule has 0 atom stereocenters. The molecule has 0 bridgehead atoms. The summed E-state index contributed by atoms with van der Waals surface area (Å²) in [6.07, 6.45) is 1.00. The van der Waals surface area contributed by atoms with Gasteiger partial charge < -0.3 is 14.7 Å². The maximum atomic E-state index is 8.86. The number of benzene rings is 1. The lowest BCUT2D eigenvalue weighted by atomic mass is 9.98. The number of ether oxygens (including phenoxy) is 1. The molecule has 1 aromatic rings. The highest BCUT2D eigenvalue weighted by Crippen LogP contribution is 2.27. The highest BCUT2D eigenvalue weighted by atomic mass is 16.5. The number of hydrogen-bond acceptors (Lipinski definition) is 3. The zero-order valence-electron chi connectivity index (χ0n) is 11.9. The summed E-state index contributed by atoms with van der Waals surface area (Å²) in [6.45, 7) is 6.27. The van der Waals surface area contributed by atoms with Gasteiger partial charge in [-0.3, -0.25) is 0 Å². The zero-order chi connectivity index (χ0) is 13.5. The molecule has 0 saturated heterocycles. The second-order valence-electron chi connectivity index (χ2n) is 5.01. The maximum Gasteiger partial charge on any atom is 0.122 e. The molecule has 0 aliphatic heterocycles. The van der Waals surface area contributed by atoms with Crippen LogP contribution in [0.1, 0.15) is 30.9 Å². The minimum Gasteiger partial charge on any atom is -0.496 e. The lowest BCUT2D eigenvalue weighted by Gasteiger charge is -2.17. The smallest absolute Gasteiger partial charge is 0.122 e. The van der Waals surface area contributed by atoms with Gasteiger partial charge in [-0.05, 0) is 36.6 Å². The number of likely N-dealkylation sites (N-methyl/N-ethyl adjacent to an activating group) is 1. The van der Waals surface area contributed by atoms with E-state index in [2.05, 4.69) is 36.9 Å². The van der Waals surface area contributed by atoms with Gasteiger partial charge in [-0.25, -0.2) is 0 Å². The molecule has 0 radical (unpaired) electrons. The Morgan fingerprint density at radius 2 is 2.00 bits per heavy atom. The van der Waals surface area contributed by atoms with Crippen molar-refractivity contribution in [1.82, 2.24) is 4.90 Å². The Bertz CT molecular complexity index is 364. The normalized spacial score (nSPS) is 11.3. The maximum absolute atomic E-state index is 8.86. The molecule has 0 unspecified atom stereocenters. The molecule has 0 aromatic heterocycles. The van der Waals surface area contributed by atoms with Crippen molar-refractivity contribution in [3.63, 3.8) is 0 Å². The van der Waals surface area contributed by atoms with Gasteiger partial charge in [0, 0.05) is 13.1 Å². The highest BCUT2D eigenvalue weighted by Gasteiger charge is 2.08. The van der Waals surface area contributed by atoms with E-state index < -0.39 is 0 Å². The Morgan fingerprint density at radius 1 is 1.28 bits per heavy atom. The number of aliphatic hydroxyl groups is 1. The first kappa shape index (κ1) is 15.0. The first-order chi connectivity index (χ1) is 8.58. The largest absolute Gasteiger partial charge is 0.496 e. The van der Waals surface area contributed by atoms with Gasteiger partial charge in [-0.15, -0.1) is 0 Å². The van der Waals surface area contributed by atoms with Gasteiger partial charge in [-0.1, -0.05) is 26.0 Å². The second-order valence-corrected chi connectivity index (χ2v) is 5.01. The standard InChI is InChI=1S/C15H25NO2/c1-12(2)14-11-13(5-6-15(14)18-4)7-8-16(3)9-10-17/h5-6,11-12,17H,7-10H2,1-4H3. The van der Waals surface area contributed by atoms with Crippen molar-refractivity contribution in [3.05, 3.63) is 29.3 Å². The summed E-state index contributed by atoms with van der Waals surface area (Å²) in [5.74, 6) is 1.44. The van der Waals surface area contributed by atoms with Crippen LogP contribution in [0.15, 0.2) is 18.2 Å². The van der Waals surface area contributed by atoms with Crippen molar-refractivity contribution in [2.24, 2.45) is 0 Å². The first-order valence-electron chi connectivity index (χ1n) is 6.54. The monoisotopic (exact) mass is 251 g/mol. The topological polar surface area (TPSA) is 32.7 Å². The fraction of sp³-hybridized carbons (Fsp3) is 0.600. The molecule has 0 amide bonds. The molecule has 0 spiro atoms. The molecule has 0 aliphatic carbocycles. The number of rotatable bonds is 7. The van der Waals surface area contributed by atoms with Crippen LogP contribution < -0.4 is 4.74 Å². The summed E-state index contributed by atoms with van der Waals surface area (Å²) in [6, 6.07) is 6.41. The Kier molecular flexibility index (Phi) is 6.16. The zero-order valence-corrected chi connectivity index (χ0v) is 11.9. The molecule has 0 fully saturated rings. The molecule has 102 valence electrons. The van der Waals surface area contributed by atoms with Crippen LogP contribution in [0, 0.1) is 0 Å². The molecule has 0 aliphatic rings. The molecule has 1 N–H and O–H groups in total. The van der Waals surface area contributed by atoms with Gasteiger partial charge in [0.15, 0.2) is 0 Å². The number of aliphatic hydroxyl groups excluding tert-OH is 1. The van der Waals surface area contributed by atoms with Crippen molar-refractivity contribution in [2.45, 2.75) is 26.2 Å². The van der Waals surface area contributed by atoms with E-state index in [9.17, 15) is 0 Å². The molecule has 0 saturated carbocycles. The van der Waals surface area contributed by atoms with Crippen molar-refractivity contribution < 1.29 is 9.84 Å². The summed E-state index contributed by atoms with van der Waals surface area (Å²) in [4.78, 5) is 2.14. The number of hydrogen-bond donors (Lipinski definition) is 1. The van der Waals surface area contributed by atoms with Crippen molar-refractivity contribution in [1.29, 1.82) is 0 Å². The highest BCUT2D eigenvalue weighted by molar-refractivity contribution is 5.39. The molecule has 18 heavy (non-hydrogen) atoms. The summed E-state index contributed by atoms with van der Waals surface area (Å²) in [5.41, 5.74) is 2.59. The van der Waals surface area contributed by atoms with Gasteiger partial charge >= 0.3 is 0 Å². The van der Waals surface area contributed by atoms with Crippen molar-refractivity contribution >= 4 is 0 Å². The molecular weight excluding hydrogens is 226 g/mol. The second kappa shape index (κ2) is 7.39. The van der Waals surface area contributed by atoms with E-state index in [1.54, 1.807) is 7.11 Å². The Hall–Kier alpha value is -1.06. The van der Waals surface area contributed by atoms with Gasteiger partial charge in [0.2, 0.25) is 0 Å². The van der Waals surface area contributed by atoms with Gasteiger partial charge in [0.05, 0.1) is 13.7 Å². The molecule has 0 heterocycles. The van der Waals surface area contributed by atoms with Crippen LogP contribution >= 0.6 is 0 Å². The van der Waals surface area contributed by atoms with E-state index in [-0.39, 0.29) is 6.61 Å². The van der Waals surface area contributed by atoms with E-state index in [1.807, 2.05) is 7.05 Å². The van der Waals surface area contributed by atoms with Gasteiger partial charge in [0.1, 0.15) is 5.75 Å². The lowest BCUT2D eigenvalue weighted by molar-refractivity contribution is 0.223. The minimum absolute atomic E-state index is 0.219. The Morgan fingerprint density at radius 3 is 2.56 bits per heavy atom. The summed E-state index contributed by atoms with van der Waals surface area (Å²) < 4.78 is 5.38. The molecule has 1 aromatic carbocycles.